The maximum Gasteiger partial charge on any atom is 0.245 e. The summed E-state index contributed by atoms with van der Waals surface area (Å²) in [6.07, 6.45) is 2.48. The van der Waals surface area contributed by atoms with Gasteiger partial charge in [-0.3, -0.25) is 5.10 Å². The van der Waals surface area contributed by atoms with E-state index in [0.717, 1.165) is 47.0 Å². The summed E-state index contributed by atoms with van der Waals surface area (Å²) in [6, 6.07) is 0. The Kier molecular flexibility index (Phi) is 4.21. The van der Waals surface area contributed by atoms with Crippen LogP contribution in [0.3, 0.4) is 0 Å². The largest absolute Gasteiger partial charge is 0.339 e. The number of nitrogens with zero attached hydrogens (tertiary/aromatic N) is 4. The predicted molar refractivity (Wildman–Crippen MR) is 85.8 cm³/mol. The summed E-state index contributed by atoms with van der Waals surface area (Å²) in [5.74, 6) is 2.33. The monoisotopic (exact) mass is 306 g/mol. The van der Waals surface area contributed by atoms with E-state index < -0.39 is 0 Å². The van der Waals surface area contributed by atoms with Gasteiger partial charge in [0.15, 0.2) is 5.82 Å². The molecule has 6 nitrogen and oxygen atoms in total. The number of aromatic nitrogens is 4. The third-order valence-corrected chi connectivity index (χ3v) is 4.97. The molecule has 114 valence electrons. The Bertz CT molecular complexity index is 602. The number of rotatable bonds is 4. The summed E-state index contributed by atoms with van der Waals surface area (Å²) in [5, 5.41) is 11.8. The van der Waals surface area contributed by atoms with Crippen molar-refractivity contribution in [1.82, 2.24) is 25.5 Å². The van der Waals surface area contributed by atoms with Gasteiger partial charge >= 0.3 is 0 Å². The predicted octanol–water partition coefficient (Wildman–Crippen LogP) is 1.98. The third-order valence-electron chi connectivity index (χ3n) is 3.89. The first-order chi connectivity index (χ1) is 10.2. The summed E-state index contributed by atoms with van der Waals surface area (Å²) in [6.45, 7) is 7.16. The summed E-state index contributed by atoms with van der Waals surface area (Å²) < 4.78 is 0. The highest BCUT2D eigenvalue weighted by Gasteiger charge is 2.23. The fourth-order valence-electron chi connectivity index (χ4n) is 2.95. The summed E-state index contributed by atoms with van der Waals surface area (Å²) in [7, 11) is 2.01. The zero-order valence-electron chi connectivity index (χ0n) is 12.8. The van der Waals surface area contributed by atoms with Crippen LogP contribution in [-0.4, -0.2) is 46.8 Å². The lowest BCUT2D eigenvalue weighted by molar-refractivity contribution is 0.399. The van der Waals surface area contributed by atoms with Gasteiger partial charge in [0.1, 0.15) is 0 Å². The van der Waals surface area contributed by atoms with E-state index in [2.05, 4.69) is 30.4 Å². The molecule has 21 heavy (non-hydrogen) atoms. The number of aromatic amines is 1. The van der Waals surface area contributed by atoms with Crippen LogP contribution in [0.25, 0.3) is 10.7 Å². The fraction of sp³-hybridized carbons (Fsp3) is 0.643. The molecule has 0 aliphatic carbocycles. The van der Waals surface area contributed by atoms with Crippen molar-refractivity contribution < 1.29 is 0 Å². The van der Waals surface area contributed by atoms with Gasteiger partial charge in [0, 0.05) is 13.1 Å². The SMILES string of the molecule is CNCC1CCCN(c2n[nH]c(-c3sc(C)nc3C)n2)C1. The second kappa shape index (κ2) is 6.11. The Morgan fingerprint density at radius 1 is 1.38 bits per heavy atom. The minimum atomic E-state index is 0.679. The van der Waals surface area contributed by atoms with Crippen molar-refractivity contribution in [1.29, 1.82) is 0 Å². The van der Waals surface area contributed by atoms with Crippen molar-refractivity contribution in [3.05, 3.63) is 10.7 Å². The first kappa shape index (κ1) is 14.5. The van der Waals surface area contributed by atoms with Gasteiger partial charge in [0.05, 0.1) is 15.6 Å². The summed E-state index contributed by atoms with van der Waals surface area (Å²) in [4.78, 5) is 12.5. The third kappa shape index (κ3) is 3.08. The van der Waals surface area contributed by atoms with E-state index in [-0.39, 0.29) is 0 Å². The number of aryl methyl sites for hydroxylation is 2. The number of thiazole rings is 1. The van der Waals surface area contributed by atoms with E-state index in [1.54, 1.807) is 11.3 Å². The molecule has 1 unspecified atom stereocenters. The van der Waals surface area contributed by atoms with E-state index >= 15 is 0 Å². The lowest BCUT2D eigenvalue weighted by Crippen LogP contribution is -2.39. The van der Waals surface area contributed by atoms with Crippen molar-refractivity contribution >= 4 is 17.3 Å². The van der Waals surface area contributed by atoms with E-state index in [0.29, 0.717) is 5.92 Å². The molecule has 1 fully saturated rings. The van der Waals surface area contributed by atoms with Crippen LogP contribution in [-0.2, 0) is 0 Å². The lowest BCUT2D eigenvalue weighted by Gasteiger charge is -2.31. The Morgan fingerprint density at radius 2 is 2.24 bits per heavy atom. The molecule has 1 atom stereocenters. The molecule has 2 aromatic rings. The molecule has 1 aliphatic heterocycles. The normalized spacial score (nSPS) is 19.2. The molecule has 1 aliphatic rings. The van der Waals surface area contributed by atoms with E-state index in [9.17, 15) is 0 Å². The second-order valence-corrected chi connectivity index (χ2v) is 6.85. The first-order valence-electron chi connectivity index (χ1n) is 7.43. The van der Waals surface area contributed by atoms with Gasteiger partial charge in [-0.15, -0.1) is 16.4 Å². The van der Waals surface area contributed by atoms with E-state index in [1.807, 2.05) is 20.9 Å². The molecule has 3 rings (SSSR count). The van der Waals surface area contributed by atoms with Gasteiger partial charge in [-0.2, -0.15) is 4.98 Å². The lowest BCUT2D eigenvalue weighted by atomic mass is 9.98. The van der Waals surface area contributed by atoms with Crippen molar-refractivity contribution in [3.63, 3.8) is 0 Å². The molecule has 0 bridgehead atoms. The van der Waals surface area contributed by atoms with Crippen molar-refractivity contribution in [2.24, 2.45) is 5.92 Å². The maximum atomic E-state index is 4.68. The number of hydrogen-bond donors (Lipinski definition) is 2. The van der Waals surface area contributed by atoms with Gasteiger partial charge in [-0.05, 0) is 46.2 Å². The van der Waals surface area contributed by atoms with Crippen LogP contribution in [0.4, 0.5) is 5.95 Å². The number of piperidine rings is 1. The first-order valence-corrected chi connectivity index (χ1v) is 8.25. The number of nitrogens with one attached hydrogen (secondary N) is 2. The molecule has 7 heteroatoms. The fourth-order valence-corrected chi connectivity index (χ4v) is 3.81. The van der Waals surface area contributed by atoms with Crippen LogP contribution in [0.1, 0.15) is 23.5 Å². The number of H-pyrrole nitrogens is 1. The van der Waals surface area contributed by atoms with E-state index in [4.69, 9.17) is 0 Å². The quantitative estimate of drug-likeness (QED) is 0.904. The van der Waals surface area contributed by atoms with Crippen LogP contribution in [0.2, 0.25) is 0 Å². The molecular formula is C14H22N6S. The molecule has 0 amide bonds. The molecule has 0 saturated carbocycles. The molecule has 0 radical (unpaired) electrons. The van der Waals surface area contributed by atoms with Gasteiger partial charge in [0.2, 0.25) is 5.95 Å². The highest BCUT2D eigenvalue weighted by Crippen LogP contribution is 2.28. The van der Waals surface area contributed by atoms with E-state index in [1.165, 1.54) is 12.8 Å². The molecule has 0 spiro atoms. The summed E-state index contributed by atoms with van der Waals surface area (Å²) >= 11 is 1.66. The average Bonchev–Trinajstić information content (AvgIpc) is 3.06. The minimum absolute atomic E-state index is 0.679. The standard InChI is InChI=1S/C14H22N6S/c1-9-12(21-10(2)16-9)13-17-14(19-18-13)20-6-4-5-11(8-20)7-15-3/h11,15H,4-8H2,1-3H3,(H,17,18,19). The zero-order valence-corrected chi connectivity index (χ0v) is 13.6. The van der Waals surface area contributed by atoms with Gasteiger partial charge in [-0.25, -0.2) is 4.98 Å². The zero-order chi connectivity index (χ0) is 14.8. The minimum Gasteiger partial charge on any atom is -0.339 e. The highest BCUT2D eigenvalue weighted by atomic mass is 32.1. The average molecular weight is 306 g/mol. The van der Waals surface area contributed by atoms with Gasteiger partial charge in [-0.1, -0.05) is 0 Å². The number of anilines is 1. The Morgan fingerprint density at radius 3 is 2.95 bits per heavy atom. The van der Waals surface area contributed by atoms with Crippen molar-refractivity contribution in [2.45, 2.75) is 26.7 Å². The smallest absolute Gasteiger partial charge is 0.245 e. The van der Waals surface area contributed by atoms with Gasteiger partial charge in [0.25, 0.3) is 0 Å². The Hall–Kier alpha value is -1.47. The van der Waals surface area contributed by atoms with Crippen LogP contribution < -0.4 is 10.2 Å². The van der Waals surface area contributed by atoms with Crippen molar-refractivity contribution in [2.75, 3.05) is 31.6 Å². The molecular weight excluding hydrogens is 284 g/mol. The molecule has 3 heterocycles. The van der Waals surface area contributed by atoms with Crippen LogP contribution in [0.15, 0.2) is 0 Å². The summed E-state index contributed by atoms with van der Waals surface area (Å²) in [5.41, 5.74) is 1.02. The highest BCUT2D eigenvalue weighted by molar-refractivity contribution is 7.15. The van der Waals surface area contributed by atoms with Crippen LogP contribution >= 0.6 is 11.3 Å². The number of hydrogen-bond acceptors (Lipinski definition) is 6. The molecule has 2 N–H and O–H groups in total. The Labute approximate surface area is 129 Å². The maximum absolute atomic E-state index is 4.68. The van der Waals surface area contributed by atoms with Crippen LogP contribution in [0, 0.1) is 19.8 Å². The topological polar surface area (TPSA) is 69.7 Å². The molecule has 1 saturated heterocycles. The molecule has 2 aromatic heterocycles. The molecule has 0 aromatic carbocycles. The van der Waals surface area contributed by atoms with Crippen molar-refractivity contribution in [3.8, 4) is 10.7 Å². The van der Waals surface area contributed by atoms with Gasteiger partial charge < -0.3 is 10.2 Å². The van der Waals surface area contributed by atoms with Crippen LogP contribution in [0.5, 0.6) is 0 Å². The second-order valence-electron chi connectivity index (χ2n) is 5.64. The Balaban J connectivity index is 1.77.